The maximum Gasteiger partial charge on any atom is 0.135 e. The molecular weight excluding hydrogens is 267 g/mol. The summed E-state index contributed by atoms with van der Waals surface area (Å²) in [5.41, 5.74) is 0.959. The molecule has 19 heavy (non-hydrogen) atoms. The highest BCUT2D eigenvalue weighted by molar-refractivity contribution is 8.18. The molecule has 0 aliphatic heterocycles. The molecule has 1 rings (SSSR count). The van der Waals surface area contributed by atoms with Gasteiger partial charge in [0.15, 0.2) is 0 Å². The van der Waals surface area contributed by atoms with Crippen molar-refractivity contribution in [3.05, 3.63) is 47.1 Å². The van der Waals surface area contributed by atoms with Crippen LogP contribution < -0.4 is 0 Å². The second-order valence-corrected chi connectivity index (χ2v) is 4.62. The lowest BCUT2D eigenvalue weighted by Gasteiger charge is -2.09. The first kappa shape index (κ1) is 15.4. The number of hydrogen-bond acceptors (Lipinski definition) is 5. The van der Waals surface area contributed by atoms with E-state index < -0.39 is 6.73 Å². The molecule has 0 aliphatic rings. The zero-order chi connectivity index (χ0) is 14.3. The Hall–Kier alpha value is -1.66. The fourth-order valence-corrected chi connectivity index (χ4v) is 2.27. The smallest absolute Gasteiger partial charge is 0.135 e. The third-order valence-electron chi connectivity index (χ3n) is 2.28. The highest BCUT2D eigenvalue weighted by atomic mass is 32.2. The molecule has 0 heterocycles. The summed E-state index contributed by atoms with van der Waals surface area (Å²) in [4.78, 5) is 4.40. The Bertz CT molecular complexity index is 515. The Morgan fingerprint density at radius 1 is 1.47 bits per heavy atom. The van der Waals surface area contributed by atoms with E-state index >= 15 is 0 Å². The van der Waals surface area contributed by atoms with Gasteiger partial charge in [-0.15, -0.1) is 0 Å². The molecule has 102 valence electrons. The van der Waals surface area contributed by atoms with Crippen molar-refractivity contribution in [2.75, 3.05) is 6.73 Å². The Balaban J connectivity index is 2.98. The van der Waals surface area contributed by atoms with Gasteiger partial charge in [0.2, 0.25) is 0 Å². The molecule has 0 saturated heterocycles. The van der Waals surface area contributed by atoms with Gasteiger partial charge in [-0.3, -0.25) is 0 Å². The Morgan fingerprint density at radius 3 is 2.74 bits per heavy atom. The predicted octanol–water partition coefficient (Wildman–Crippen LogP) is 3.01. The fraction of sp³-hybridized carbons (Fsp3) is 0.231. The van der Waals surface area contributed by atoms with Crippen LogP contribution in [0, 0.1) is 5.82 Å². The normalized spacial score (nSPS) is 12.6. The molecular formula is C13H15FN2O2S. The van der Waals surface area contributed by atoms with Crippen LogP contribution in [-0.2, 0) is 0 Å². The summed E-state index contributed by atoms with van der Waals surface area (Å²) in [6.45, 7) is 5.20. The lowest BCUT2D eigenvalue weighted by Crippen LogP contribution is -2.04. The summed E-state index contributed by atoms with van der Waals surface area (Å²) in [5, 5.41) is 21.3. The standard InChI is InChI=1S/C13H15FN2O2S/c1-3-12(16-18)9(2)19-13(15-8-17)10-5-4-6-11(14)7-10/h4-7,17-18H,2-3,8H2,1H3/b15-13-,16-12+. The number of hydrogen-bond donors (Lipinski definition) is 2. The number of aliphatic hydroxyl groups is 1. The second kappa shape index (κ2) is 7.70. The van der Waals surface area contributed by atoms with Crippen molar-refractivity contribution >= 4 is 22.5 Å². The number of nitrogens with zero attached hydrogens (tertiary/aromatic N) is 2. The average Bonchev–Trinajstić information content (AvgIpc) is 2.39. The van der Waals surface area contributed by atoms with E-state index in [1.165, 1.54) is 12.1 Å². The fourth-order valence-electron chi connectivity index (χ4n) is 1.37. The van der Waals surface area contributed by atoms with E-state index in [4.69, 9.17) is 10.3 Å². The molecule has 0 atom stereocenters. The topological polar surface area (TPSA) is 65.2 Å². The number of allylic oxidation sites excluding steroid dienone is 1. The number of halogens is 1. The molecule has 4 nitrogen and oxygen atoms in total. The lowest BCUT2D eigenvalue weighted by atomic mass is 10.2. The van der Waals surface area contributed by atoms with Crippen molar-refractivity contribution < 1.29 is 14.7 Å². The number of aliphatic imine (C=N–C) groups is 1. The minimum atomic E-state index is -0.413. The SMILES string of the molecule is C=C(S/C(=N\CO)c1cccc(F)c1)/C(CC)=N/O. The van der Waals surface area contributed by atoms with Gasteiger partial charge in [-0.1, -0.05) is 42.6 Å². The van der Waals surface area contributed by atoms with Crippen LogP contribution in [0.4, 0.5) is 4.39 Å². The molecule has 0 aromatic heterocycles. The molecule has 0 aliphatic carbocycles. The first-order valence-corrected chi connectivity index (χ1v) is 6.43. The number of thioether (sulfide) groups is 1. The number of rotatable bonds is 5. The van der Waals surface area contributed by atoms with Crippen LogP contribution >= 0.6 is 11.8 Å². The van der Waals surface area contributed by atoms with E-state index in [0.717, 1.165) is 11.8 Å². The van der Waals surface area contributed by atoms with Crippen LogP contribution in [0.15, 0.2) is 45.9 Å². The monoisotopic (exact) mass is 282 g/mol. The van der Waals surface area contributed by atoms with Crippen LogP contribution in [0.1, 0.15) is 18.9 Å². The average molecular weight is 282 g/mol. The molecule has 0 amide bonds. The Morgan fingerprint density at radius 2 is 2.21 bits per heavy atom. The van der Waals surface area contributed by atoms with Gasteiger partial charge < -0.3 is 10.3 Å². The maximum absolute atomic E-state index is 13.2. The van der Waals surface area contributed by atoms with E-state index in [-0.39, 0.29) is 5.82 Å². The van der Waals surface area contributed by atoms with E-state index in [0.29, 0.717) is 27.6 Å². The highest BCUT2D eigenvalue weighted by Gasteiger charge is 2.11. The molecule has 1 aromatic carbocycles. The van der Waals surface area contributed by atoms with Gasteiger partial charge in [0.1, 0.15) is 17.6 Å². The van der Waals surface area contributed by atoms with Gasteiger partial charge in [-0.25, -0.2) is 9.38 Å². The van der Waals surface area contributed by atoms with E-state index in [9.17, 15) is 4.39 Å². The summed E-state index contributed by atoms with van der Waals surface area (Å²) in [6.07, 6.45) is 0.512. The Labute approximate surface area is 115 Å². The molecule has 0 spiro atoms. The second-order valence-electron chi connectivity index (χ2n) is 3.54. The van der Waals surface area contributed by atoms with Gasteiger partial charge >= 0.3 is 0 Å². The molecule has 6 heteroatoms. The first-order valence-electron chi connectivity index (χ1n) is 5.61. The number of aliphatic hydroxyl groups excluding tert-OH is 1. The largest absolute Gasteiger partial charge is 0.411 e. The third kappa shape index (κ3) is 4.50. The molecule has 0 saturated carbocycles. The van der Waals surface area contributed by atoms with Crippen molar-refractivity contribution in [3.8, 4) is 0 Å². The van der Waals surface area contributed by atoms with E-state index in [1.807, 2.05) is 6.92 Å². The predicted molar refractivity (Wildman–Crippen MR) is 76.3 cm³/mol. The van der Waals surface area contributed by atoms with Gasteiger partial charge in [0, 0.05) is 10.5 Å². The minimum absolute atomic E-state index is 0.388. The van der Waals surface area contributed by atoms with Crippen LogP contribution in [0.5, 0.6) is 0 Å². The number of oxime groups is 1. The summed E-state index contributed by atoms with van der Waals surface area (Å²) >= 11 is 1.13. The Kier molecular flexibility index (Phi) is 6.24. The van der Waals surface area contributed by atoms with Crippen molar-refractivity contribution in [3.63, 3.8) is 0 Å². The van der Waals surface area contributed by atoms with Crippen molar-refractivity contribution in [2.45, 2.75) is 13.3 Å². The first-order chi connectivity index (χ1) is 9.12. The highest BCUT2D eigenvalue weighted by Crippen LogP contribution is 2.23. The quantitative estimate of drug-likeness (QED) is 0.377. The maximum atomic E-state index is 13.2. The zero-order valence-electron chi connectivity index (χ0n) is 10.5. The van der Waals surface area contributed by atoms with Gasteiger partial charge in [0.25, 0.3) is 0 Å². The van der Waals surface area contributed by atoms with Crippen LogP contribution in [0.25, 0.3) is 0 Å². The summed E-state index contributed by atoms with van der Waals surface area (Å²) in [6, 6.07) is 5.88. The zero-order valence-corrected chi connectivity index (χ0v) is 11.3. The molecule has 0 fully saturated rings. The van der Waals surface area contributed by atoms with E-state index in [2.05, 4.69) is 16.7 Å². The van der Waals surface area contributed by atoms with Crippen LogP contribution in [0.3, 0.4) is 0 Å². The van der Waals surface area contributed by atoms with Gasteiger partial charge in [-0.2, -0.15) is 0 Å². The van der Waals surface area contributed by atoms with Crippen LogP contribution in [0.2, 0.25) is 0 Å². The lowest BCUT2D eigenvalue weighted by molar-refractivity contribution is 0.310. The van der Waals surface area contributed by atoms with Gasteiger partial charge in [0.05, 0.1) is 5.71 Å². The van der Waals surface area contributed by atoms with Crippen LogP contribution in [-0.4, -0.2) is 27.8 Å². The molecule has 2 N–H and O–H groups in total. The molecule has 0 bridgehead atoms. The summed E-state index contributed by atoms with van der Waals surface area (Å²) < 4.78 is 13.2. The molecule has 0 unspecified atom stereocenters. The third-order valence-corrected chi connectivity index (χ3v) is 3.32. The number of benzene rings is 1. The van der Waals surface area contributed by atoms with Crippen molar-refractivity contribution in [2.24, 2.45) is 10.1 Å². The molecule has 0 radical (unpaired) electrons. The summed E-state index contributed by atoms with van der Waals surface area (Å²) in [5.74, 6) is -0.388. The van der Waals surface area contributed by atoms with Crippen molar-refractivity contribution in [1.82, 2.24) is 0 Å². The minimum Gasteiger partial charge on any atom is -0.411 e. The summed E-state index contributed by atoms with van der Waals surface area (Å²) in [7, 11) is 0. The van der Waals surface area contributed by atoms with Crippen molar-refractivity contribution in [1.29, 1.82) is 0 Å². The molecule has 1 aromatic rings. The van der Waals surface area contributed by atoms with E-state index in [1.54, 1.807) is 12.1 Å². The van der Waals surface area contributed by atoms with Gasteiger partial charge in [-0.05, 0) is 18.6 Å².